The molecule has 0 unspecified atom stereocenters. The van der Waals surface area contributed by atoms with Gasteiger partial charge in [-0.25, -0.2) is 4.79 Å². The van der Waals surface area contributed by atoms with Gasteiger partial charge in [0.25, 0.3) is 0 Å². The minimum atomic E-state index is -1.38. The topological polar surface area (TPSA) is 197 Å². The van der Waals surface area contributed by atoms with E-state index < -0.39 is 70.1 Å². The average molecular weight is 534 g/mol. The number of hydrogen-bond donors (Lipinski definition) is 8. The Bertz CT molecular complexity index is 1550. The van der Waals surface area contributed by atoms with Crippen LogP contribution >= 0.6 is 0 Å². The van der Waals surface area contributed by atoms with Crippen molar-refractivity contribution in [2.45, 2.75) is 18.1 Å². The van der Waals surface area contributed by atoms with E-state index in [1.54, 1.807) is 24.3 Å². The van der Waals surface area contributed by atoms with Crippen LogP contribution in [0.5, 0.6) is 51.7 Å². The molecule has 0 bridgehead atoms. The molecule has 0 saturated carbocycles. The minimum absolute atomic E-state index is 0.106. The van der Waals surface area contributed by atoms with Gasteiger partial charge in [-0.1, -0.05) is 24.3 Å². The Balaban J connectivity index is 1.71. The van der Waals surface area contributed by atoms with Gasteiger partial charge >= 0.3 is 5.97 Å². The van der Waals surface area contributed by atoms with Crippen molar-refractivity contribution in [1.29, 1.82) is 0 Å². The zero-order chi connectivity index (χ0) is 28.0. The van der Waals surface area contributed by atoms with Crippen LogP contribution in [0.15, 0.2) is 66.7 Å². The number of para-hydroxylation sites is 1. The van der Waals surface area contributed by atoms with E-state index in [9.17, 15) is 45.6 Å². The van der Waals surface area contributed by atoms with Crippen molar-refractivity contribution in [3.63, 3.8) is 0 Å². The summed E-state index contributed by atoms with van der Waals surface area (Å²) in [7, 11) is 0. The van der Waals surface area contributed by atoms with Crippen LogP contribution in [-0.4, -0.2) is 52.9 Å². The number of fused-ring (bicyclic) bond motifs is 1. The zero-order valence-electron chi connectivity index (χ0n) is 19.9. The number of hydrogen-bond acceptors (Lipinski definition) is 11. The van der Waals surface area contributed by atoms with Crippen LogP contribution in [0.4, 0.5) is 0 Å². The lowest BCUT2D eigenvalue weighted by molar-refractivity contribution is -0.0268. The maximum absolute atomic E-state index is 13.3. The molecule has 4 aromatic rings. The number of phenols is 8. The van der Waals surface area contributed by atoms with E-state index in [1.165, 1.54) is 18.2 Å². The predicted octanol–water partition coefficient (Wildman–Crippen LogP) is 3.82. The number of esters is 1. The lowest BCUT2D eigenvalue weighted by Gasteiger charge is -2.39. The van der Waals surface area contributed by atoms with Crippen LogP contribution in [0.1, 0.15) is 39.1 Å². The Labute approximate surface area is 220 Å². The third-order valence-electron chi connectivity index (χ3n) is 6.44. The Morgan fingerprint density at radius 1 is 0.692 bits per heavy atom. The number of carbonyl (C=O) groups excluding carboxylic acids is 1. The minimum Gasteiger partial charge on any atom is -0.508 e. The van der Waals surface area contributed by atoms with Crippen molar-refractivity contribution in [1.82, 2.24) is 0 Å². The molecule has 0 saturated heterocycles. The largest absolute Gasteiger partial charge is 0.508 e. The molecule has 1 aliphatic rings. The highest BCUT2D eigenvalue weighted by Crippen LogP contribution is 2.52. The molecule has 3 atom stereocenters. The van der Waals surface area contributed by atoms with Gasteiger partial charge in [-0.2, -0.15) is 0 Å². The summed E-state index contributed by atoms with van der Waals surface area (Å²) in [5.74, 6) is -6.64. The Morgan fingerprint density at radius 2 is 1.33 bits per heavy atom. The molecule has 0 radical (unpaired) electrons. The third kappa shape index (κ3) is 4.46. The van der Waals surface area contributed by atoms with Crippen LogP contribution in [0.3, 0.4) is 0 Å². The summed E-state index contributed by atoms with van der Waals surface area (Å²) in [6, 6.07) is 14.1. The summed E-state index contributed by atoms with van der Waals surface area (Å²) < 4.78 is 12.0. The van der Waals surface area contributed by atoms with E-state index in [-0.39, 0.29) is 16.7 Å². The molecule has 8 N–H and O–H groups in total. The first-order valence-electron chi connectivity index (χ1n) is 11.5. The van der Waals surface area contributed by atoms with Crippen molar-refractivity contribution in [2.24, 2.45) is 0 Å². The van der Waals surface area contributed by atoms with Gasteiger partial charge < -0.3 is 50.3 Å². The smallest absolute Gasteiger partial charge is 0.338 e. The molecule has 39 heavy (non-hydrogen) atoms. The molecule has 200 valence electrons. The fraction of sp³-hybridized carbons (Fsp3) is 0.107. The first kappa shape index (κ1) is 25.2. The molecule has 11 heteroatoms. The van der Waals surface area contributed by atoms with Gasteiger partial charge in [0, 0.05) is 28.8 Å². The Morgan fingerprint density at radius 3 is 1.97 bits per heavy atom. The van der Waals surface area contributed by atoms with E-state index in [0.717, 1.165) is 24.3 Å². The summed E-state index contributed by atoms with van der Waals surface area (Å²) in [5.41, 5.74) is 0.191. The molecule has 0 aliphatic carbocycles. The molecule has 4 aromatic carbocycles. The van der Waals surface area contributed by atoms with Crippen molar-refractivity contribution < 1.29 is 55.1 Å². The van der Waals surface area contributed by atoms with Crippen molar-refractivity contribution in [3.8, 4) is 51.7 Å². The lowest BCUT2D eigenvalue weighted by Crippen LogP contribution is -2.38. The van der Waals surface area contributed by atoms with Gasteiger partial charge in [-0.15, -0.1) is 0 Å². The van der Waals surface area contributed by atoms with Crippen molar-refractivity contribution in [3.05, 3.63) is 89.0 Å². The second-order valence-electron chi connectivity index (χ2n) is 8.93. The first-order chi connectivity index (χ1) is 18.5. The molecule has 0 spiro atoms. The number of benzene rings is 4. The Kier molecular flexibility index (Phi) is 6.11. The summed E-state index contributed by atoms with van der Waals surface area (Å²) in [6.07, 6.45) is -2.57. The van der Waals surface area contributed by atoms with Gasteiger partial charge in [0.15, 0.2) is 41.0 Å². The molecular weight excluding hydrogens is 512 g/mol. The molecule has 0 amide bonds. The zero-order valence-corrected chi connectivity index (χ0v) is 19.9. The first-order valence-corrected chi connectivity index (χ1v) is 11.5. The average Bonchev–Trinajstić information content (AvgIpc) is 2.88. The second kappa shape index (κ2) is 9.45. The SMILES string of the molecule is O=C(O[C@@H]1[C@@H](c2c(O)cc(O)cc2O)c2ccccc2O[C@@H]1c1ccc(O)c(O)c1)c1cc(O)c(O)c(O)c1. The van der Waals surface area contributed by atoms with E-state index in [2.05, 4.69) is 0 Å². The van der Waals surface area contributed by atoms with Crippen molar-refractivity contribution >= 4 is 5.97 Å². The highest BCUT2D eigenvalue weighted by molar-refractivity contribution is 5.91. The molecule has 5 rings (SSSR count). The number of phenolic OH excluding ortho intramolecular Hbond substituents is 8. The summed E-state index contributed by atoms with van der Waals surface area (Å²) >= 11 is 0. The van der Waals surface area contributed by atoms with E-state index in [4.69, 9.17) is 9.47 Å². The third-order valence-corrected chi connectivity index (χ3v) is 6.44. The van der Waals surface area contributed by atoms with Gasteiger partial charge in [0.2, 0.25) is 0 Å². The van der Waals surface area contributed by atoms with Crippen LogP contribution in [0.25, 0.3) is 0 Å². The predicted molar refractivity (Wildman–Crippen MR) is 134 cm³/mol. The van der Waals surface area contributed by atoms with Gasteiger partial charge in [-0.05, 0) is 30.3 Å². The molecule has 11 nitrogen and oxygen atoms in total. The standard InChI is InChI=1S/C28H22O11/c29-14-10-18(32)24(19(33)11-14)23-15-3-1-2-4-22(15)38-26(12-5-6-16(30)17(31)7-12)27(23)39-28(37)13-8-20(34)25(36)21(35)9-13/h1-11,23,26-27,29-36H/t23-,26-,27-/m1/s1. The summed E-state index contributed by atoms with van der Waals surface area (Å²) in [6.45, 7) is 0. The number of aromatic hydroxyl groups is 8. The Hall–Kier alpha value is -5.45. The molecule has 1 aliphatic heterocycles. The number of rotatable bonds is 4. The normalized spacial score (nSPS) is 18.1. The fourth-order valence-electron chi connectivity index (χ4n) is 4.67. The van der Waals surface area contributed by atoms with E-state index in [1.807, 2.05) is 0 Å². The van der Waals surface area contributed by atoms with Crippen LogP contribution in [0, 0.1) is 0 Å². The molecule has 0 fully saturated rings. The van der Waals surface area contributed by atoms with Gasteiger partial charge in [0.1, 0.15) is 23.0 Å². The second-order valence-corrected chi connectivity index (χ2v) is 8.93. The monoisotopic (exact) mass is 534 g/mol. The highest BCUT2D eigenvalue weighted by atomic mass is 16.6. The lowest BCUT2D eigenvalue weighted by atomic mass is 9.79. The van der Waals surface area contributed by atoms with Crippen LogP contribution in [0.2, 0.25) is 0 Å². The number of carbonyl (C=O) groups is 1. The van der Waals surface area contributed by atoms with Crippen molar-refractivity contribution in [2.75, 3.05) is 0 Å². The summed E-state index contributed by atoms with van der Waals surface area (Å²) in [4.78, 5) is 13.3. The molecule has 0 aromatic heterocycles. The summed E-state index contributed by atoms with van der Waals surface area (Å²) in [5, 5.41) is 80.9. The maximum atomic E-state index is 13.3. The quantitative estimate of drug-likeness (QED) is 0.140. The van der Waals surface area contributed by atoms with Crippen LogP contribution in [-0.2, 0) is 4.74 Å². The van der Waals surface area contributed by atoms with Crippen LogP contribution < -0.4 is 4.74 Å². The highest BCUT2D eigenvalue weighted by Gasteiger charge is 2.45. The van der Waals surface area contributed by atoms with E-state index >= 15 is 0 Å². The molecule has 1 heterocycles. The fourth-order valence-corrected chi connectivity index (χ4v) is 4.67. The number of ether oxygens (including phenoxy) is 2. The van der Waals surface area contributed by atoms with Gasteiger partial charge in [-0.3, -0.25) is 0 Å². The van der Waals surface area contributed by atoms with Gasteiger partial charge in [0.05, 0.1) is 11.5 Å². The maximum Gasteiger partial charge on any atom is 0.338 e. The van der Waals surface area contributed by atoms with E-state index in [0.29, 0.717) is 11.3 Å². The molecular formula is C28H22O11.